The first-order valence-electron chi connectivity index (χ1n) is 10.0. The van der Waals surface area contributed by atoms with Crippen LogP contribution in [0.5, 0.6) is 0 Å². The fraction of sp³-hybridized carbons (Fsp3) is 0.714. The van der Waals surface area contributed by atoms with Gasteiger partial charge in [0.25, 0.3) is 0 Å². The van der Waals surface area contributed by atoms with Crippen LogP contribution in [0.4, 0.5) is 5.69 Å². The molecule has 1 saturated heterocycles. The summed E-state index contributed by atoms with van der Waals surface area (Å²) in [6, 6.07) is 7.29. The monoisotopic (exact) mass is 346 g/mol. The fourth-order valence-corrected chi connectivity index (χ4v) is 6.36. The predicted octanol–water partition coefficient (Wildman–Crippen LogP) is 5.31. The summed E-state index contributed by atoms with van der Waals surface area (Å²) in [5.74, 6) is 2.04. The van der Waals surface area contributed by atoms with Crippen LogP contribution in [0.1, 0.15) is 58.4 Å². The van der Waals surface area contributed by atoms with E-state index in [0.29, 0.717) is 5.41 Å². The zero-order chi connectivity index (χ0) is 16.1. The average Bonchev–Trinajstić information content (AvgIpc) is 2.78. The lowest BCUT2D eigenvalue weighted by Gasteiger charge is -2.44. The molecule has 0 aromatic heterocycles. The molecule has 1 aromatic rings. The SMILES string of the molecule is Clc1ccc2c(c1)C1(CCN(C3CCC4CCC3CC4)CC1)CN2.[HH]. The van der Waals surface area contributed by atoms with Gasteiger partial charge in [-0.2, -0.15) is 0 Å². The Morgan fingerprint density at radius 1 is 1.04 bits per heavy atom. The highest BCUT2D eigenvalue weighted by molar-refractivity contribution is 6.30. The zero-order valence-electron chi connectivity index (χ0n) is 14.6. The van der Waals surface area contributed by atoms with Crippen molar-refractivity contribution in [1.82, 2.24) is 4.90 Å². The first kappa shape index (κ1) is 15.5. The number of hydrogen-bond donors (Lipinski definition) is 1. The van der Waals surface area contributed by atoms with Crippen LogP contribution in [0, 0.1) is 11.8 Å². The molecule has 1 N–H and O–H groups in total. The molecule has 132 valence electrons. The van der Waals surface area contributed by atoms with E-state index in [1.165, 1.54) is 75.7 Å². The number of hydrogen-bond acceptors (Lipinski definition) is 2. The molecule has 6 rings (SSSR count). The van der Waals surface area contributed by atoms with Gasteiger partial charge in [-0.25, -0.2) is 0 Å². The Morgan fingerprint density at radius 3 is 2.58 bits per heavy atom. The lowest BCUT2D eigenvalue weighted by Crippen LogP contribution is -2.49. The van der Waals surface area contributed by atoms with Crippen molar-refractivity contribution in [2.45, 2.75) is 62.8 Å². The van der Waals surface area contributed by atoms with Gasteiger partial charge in [0.1, 0.15) is 0 Å². The first-order chi connectivity index (χ1) is 11.7. The van der Waals surface area contributed by atoms with Crippen LogP contribution in [0.25, 0.3) is 0 Å². The number of halogens is 1. The fourth-order valence-electron chi connectivity index (χ4n) is 6.18. The van der Waals surface area contributed by atoms with Crippen LogP contribution in [-0.4, -0.2) is 30.6 Å². The van der Waals surface area contributed by atoms with Crippen LogP contribution in [0.2, 0.25) is 5.02 Å². The Morgan fingerprint density at radius 2 is 1.79 bits per heavy atom. The summed E-state index contributed by atoms with van der Waals surface area (Å²) < 4.78 is 0. The van der Waals surface area contributed by atoms with Crippen molar-refractivity contribution in [3.8, 4) is 0 Å². The molecule has 0 radical (unpaired) electrons. The van der Waals surface area contributed by atoms with Gasteiger partial charge in [-0.1, -0.05) is 24.4 Å². The van der Waals surface area contributed by atoms with E-state index in [1.54, 1.807) is 0 Å². The van der Waals surface area contributed by atoms with Gasteiger partial charge in [-0.05, 0) is 87.2 Å². The summed E-state index contributed by atoms with van der Waals surface area (Å²) in [6.07, 6.45) is 11.5. The van der Waals surface area contributed by atoms with E-state index in [2.05, 4.69) is 22.3 Å². The van der Waals surface area contributed by atoms with E-state index in [4.69, 9.17) is 11.6 Å². The largest absolute Gasteiger partial charge is 0.384 e. The van der Waals surface area contributed by atoms with Crippen LogP contribution >= 0.6 is 11.6 Å². The van der Waals surface area contributed by atoms with Gasteiger partial charge in [-0.15, -0.1) is 0 Å². The molecule has 1 aromatic carbocycles. The summed E-state index contributed by atoms with van der Waals surface area (Å²) in [5, 5.41) is 4.53. The number of likely N-dealkylation sites (tertiary alicyclic amines) is 1. The van der Waals surface area contributed by atoms with Crippen LogP contribution < -0.4 is 5.32 Å². The molecular formula is C21H31ClN2. The quantitative estimate of drug-likeness (QED) is 0.740. The average molecular weight is 347 g/mol. The lowest BCUT2D eigenvalue weighted by atomic mass is 9.73. The Kier molecular flexibility index (Phi) is 3.83. The summed E-state index contributed by atoms with van der Waals surface area (Å²) in [7, 11) is 0. The molecule has 4 fully saturated rings. The van der Waals surface area contributed by atoms with Gasteiger partial charge in [0, 0.05) is 30.1 Å². The van der Waals surface area contributed by atoms with Crippen LogP contribution in [0.3, 0.4) is 0 Å². The summed E-state index contributed by atoms with van der Waals surface area (Å²) in [6.45, 7) is 3.66. The van der Waals surface area contributed by atoms with E-state index < -0.39 is 0 Å². The van der Waals surface area contributed by atoms with Gasteiger partial charge in [0.05, 0.1) is 0 Å². The molecule has 3 saturated carbocycles. The number of piperidine rings is 1. The van der Waals surface area contributed by atoms with Crippen molar-refractivity contribution >= 4 is 17.3 Å². The highest BCUT2D eigenvalue weighted by Crippen LogP contribution is 2.47. The van der Waals surface area contributed by atoms with Crippen molar-refractivity contribution in [2.75, 3.05) is 25.0 Å². The van der Waals surface area contributed by atoms with Crippen LogP contribution in [0.15, 0.2) is 18.2 Å². The second-order valence-corrected chi connectivity index (χ2v) is 9.22. The molecular weight excluding hydrogens is 316 g/mol. The zero-order valence-corrected chi connectivity index (χ0v) is 15.3. The second kappa shape index (κ2) is 5.92. The molecule has 5 aliphatic rings. The Labute approximate surface area is 152 Å². The molecule has 3 aliphatic carbocycles. The van der Waals surface area contributed by atoms with Crippen molar-refractivity contribution < 1.29 is 1.43 Å². The highest BCUT2D eigenvalue weighted by Gasteiger charge is 2.44. The number of nitrogens with zero attached hydrogens (tertiary/aromatic N) is 1. The number of rotatable bonds is 1. The maximum atomic E-state index is 6.30. The van der Waals surface area contributed by atoms with Crippen molar-refractivity contribution in [1.29, 1.82) is 0 Å². The molecule has 2 aliphatic heterocycles. The topological polar surface area (TPSA) is 15.3 Å². The first-order valence-corrected chi connectivity index (χ1v) is 10.4. The van der Waals surface area contributed by atoms with E-state index in [1.807, 2.05) is 6.07 Å². The molecule has 3 heteroatoms. The van der Waals surface area contributed by atoms with Gasteiger partial charge in [-0.3, -0.25) is 0 Å². The molecule has 2 bridgehead atoms. The van der Waals surface area contributed by atoms with Gasteiger partial charge < -0.3 is 10.2 Å². The minimum absolute atomic E-state index is 0. The predicted molar refractivity (Wildman–Crippen MR) is 103 cm³/mol. The van der Waals surface area contributed by atoms with Gasteiger partial charge in [0.15, 0.2) is 0 Å². The molecule has 0 amide bonds. The molecule has 24 heavy (non-hydrogen) atoms. The Balaban J connectivity index is 0.00000157. The van der Waals surface area contributed by atoms with E-state index >= 15 is 0 Å². The van der Waals surface area contributed by atoms with Gasteiger partial charge >= 0.3 is 0 Å². The molecule has 2 nitrogen and oxygen atoms in total. The smallest absolute Gasteiger partial charge is 0.0410 e. The maximum absolute atomic E-state index is 6.30. The van der Waals surface area contributed by atoms with Crippen molar-refractivity contribution in [2.24, 2.45) is 11.8 Å². The number of benzene rings is 1. The molecule has 2 heterocycles. The summed E-state index contributed by atoms with van der Waals surface area (Å²) >= 11 is 6.30. The van der Waals surface area contributed by atoms with E-state index in [-0.39, 0.29) is 1.43 Å². The number of fused-ring (bicyclic) bond motifs is 6. The van der Waals surface area contributed by atoms with Crippen LogP contribution in [-0.2, 0) is 5.41 Å². The van der Waals surface area contributed by atoms with E-state index in [9.17, 15) is 0 Å². The lowest BCUT2D eigenvalue weighted by molar-refractivity contribution is 0.0784. The van der Waals surface area contributed by atoms with Crippen molar-refractivity contribution in [3.63, 3.8) is 0 Å². The molecule has 1 unspecified atom stereocenters. The summed E-state index contributed by atoms with van der Waals surface area (Å²) in [4.78, 5) is 2.87. The standard InChI is InChI=1S/C21H29ClN2.H2/c22-17-6-7-19-18(13-17)21(14-23-19)9-11-24(12-10-21)20-8-3-15-1-4-16(20)5-2-15;/h6-7,13,15-16,20,23H,1-5,8-12,14H2;1H. The Hall–Kier alpha value is -0.730. The minimum atomic E-state index is 0. The van der Waals surface area contributed by atoms with Crippen molar-refractivity contribution in [3.05, 3.63) is 28.8 Å². The number of anilines is 1. The Bertz CT molecular complexity index is 618. The second-order valence-electron chi connectivity index (χ2n) is 8.79. The third-order valence-corrected chi connectivity index (χ3v) is 7.94. The van der Waals surface area contributed by atoms with Gasteiger partial charge in [0.2, 0.25) is 0 Å². The molecule has 1 atom stereocenters. The normalized spacial score (nSPS) is 34.8. The minimum Gasteiger partial charge on any atom is -0.384 e. The third-order valence-electron chi connectivity index (χ3n) is 7.70. The molecule has 1 spiro atoms. The third kappa shape index (κ3) is 2.49. The maximum Gasteiger partial charge on any atom is 0.0410 e. The summed E-state index contributed by atoms with van der Waals surface area (Å²) in [5.41, 5.74) is 3.14. The highest BCUT2D eigenvalue weighted by atomic mass is 35.5. The van der Waals surface area contributed by atoms with E-state index in [0.717, 1.165) is 29.4 Å². The number of nitrogens with one attached hydrogen (secondary N) is 1.